The highest BCUT2D eigenvalue weighted by molar-refractivity contribution is 6.35. The molecule has 0 bridgehead atoms. The van der Waals surface area contributed by atoms with Gasteiger partial charge in [-0.1, -0.05) is 30.1 Å². The van der Waals surface area contributed by atoms with Crippen LogP contribution in [0.5, 0.6) is 0 Å². The molecule has 100 valence electrons. The lowest BCUT2D eigenvalue weighted by atomic mass is 10.0. The number of nitrogens with one attached hydrogen (secondary N) is 1. The van der Waals surface area contributed by atoms with Crippen LogP contribution in [0, 0.1) is 0 Å². The summed E-state index contributed by atoms with van der Waals surface area (Å²) in [5.41, 5.74) is 2.86. The van der Waals surface area contributed by atoms with Gasteiger partial charge in [-0.3, -0.25) is 0 Å². The topological polar surface area (TPSA) is 37.8 Å². The van der Waals surface area contributed by atoms with E-state index in [2.05, 4.69) is 22.2 Å². The molecule has 0 saturated heterocycles. The first-order chi connectivity index (χ1) is 9.15. The first kappa shape index (κ1) is 14.1. The zero-order valence-electron chi connectivity index (χ0n) is 10.9. The third-order valence-electron chi connectivity index (χ3n) is 2.78. The van der Waals surface area contributed by atoms with Gasteiger partial charge < -0.3 is 5.32 Å². The number of hydrogen-bond acceptors (Lipinski definition) is 3. The van der Waals surface area contributed by atoms with Crippen LogP contribution in [-0.4, -0.2) is 16.5 Å². The molecule has 0 aliphatic heterocycles. The van der Waals surface area contributed by atoms with Gasteiger partial charge >= 0.3 is 0 Å². The van der Waals surface area contributed by atoms with Crippen molar-refractivity contribution in [3.63, 3.8) is 0 Å². The Morgan fingerprint density at radius 3 is 2.32 bits per heavy atom. The van der Waals surface area contributed by atoms with Crippen LogP contribution in [0.1, 0.15) is 19.4 Å². The summed E-state index contributed by atoms with van der Waals surface area (Å²) < 4.78 is 0. The van der Waals surface area contributed by atoms with Crippen molar-refractivity contribution >= 4 is 29.0 Å². The van der Waals surface area contributed by atoms with Crippen LogP contribution in [0.3, 0.4) is 0 Å². The fourth-order valence-corrected chi connectivity index (χ4v) is 2.53. The maximum atomic E-state index is 6.05. The van der Waals surface area contributed by atoms with Crippen LogP contribution in [0.4, 0.5) is 5.82 Å². The van der Waals surface area contributed by atoms with Gasteiger partial charge in [0, 0.05) is 27.7 Å². The van der Waals surface area contributed by atoms with Gasteiger partial charge in [0.1, 0.15) is 12.1 Å². The van der Waals surface area contributed by atoms with E-state index in [4.69, 9.17) is 23.2 Å². The molecule has 0 atom stereocenters. The van der Waals surface area contributed by atoms with Crippen LogP contribution in [0.2, 0.25) is 10.0 Å². The molecule has 0 radical (unpaired) electrons. The van der Waals surface area contributed by atoms with E-state index < -0.39 is 0 Å². The summed E-state index contributed by atoms with van der Waals surface area (Å²) in [7, 11) is 0. The second kappa shape index (κ2) is 6.22. The number of nitrogens with zero attached hydrogens (tertiary/aromatic N) is 2. The number of halogens is 2. The predicted octanol–water partition coefficient (Wildman–Crippen LogP) is 4.44. The third-order valence-corrected chi connectivity index (χ3v) is 3.22. The summed E-state index contributed by atoms with van der Waals surface area (Å²) >= 11 is 12.1. The maximum Gasteiger partial charge on any atom is 0.133 e. The Kier molecular flexibility index (Phi) is 4.61. The second-order valence-corrected chi connectivity index (χ2v) is 4.96. The van der Waals surface area contributed by atoms with Gasteiger partial charge in [-0.05, 0) is 31.5 Å². The molecule has 0 fully saturated rings. The molecular formula is C14H15Cl2N3. The number of aromatic nitrogens is 2. The molecular weight excluding hydrogens is 281 g/mol. The molecule has 0 unspecified atom stereocenters. The number of rotatable bonds is 4. The van der Waals surface area contributed by atoms with Crippen molar-refractivity contribution in [1.29, 1.82) is 0 Å². The van der Waals surface area contributed by atoms with E-state index in [1.165, 1.54) is 0 Å². The normalized spacial score (nSPS) is 10.5. The molecule has 5 heteroatoms. The van der Waals surface area contributed by atoms with Gasteiger partial charge in [-0.2, -0.15) is 0 Å². The Labute approximate surface area is 123 Å². The molecule has 19 heavy (non-hydrogen) atoms. The lowest BCUT2D eigenvalue weighted by Crippen LogP contribution is -2.05. The summed E-state index contributed by atoms with van der Waals surface area (Å²) in [6, 6.07) is 5.44. The Hall–Kier alpha value is -1.32. The number of hydrogen-bond donors (Lipinski definition) is 1. The molecule has 2 aromatic rings. The van der Waals surface area contributed by atoms with E-state index in [0.29, 0.717) is 10.0 Å². The quantitative estimate of drug-likeness (QED) is 0.906. The first-order valence-corrected chi connectivity index (χ1v) is 6.95. The molecule has 1 heterocycles. The molecule has 3 nitrogen and oxygen atoms in total. The van der Waals surface area contributed by atoms with E-state index in [9.17, 15) is 0 Å². The van der Waals surface area contributed by atoms with Crippen molar-refractivity contribution in [3.8, 4) is 11.3 Å². The largest absolute Gasteiger partial charge is 0.370 e. The average molecular weight is 296 g/mol. The van der Waals surface area contributed by atoms with Crippen molar-refractivity contribution in [2.24, 2.45) is 0 Å². The second-order valence-electron chi connectivity index (χ2n) is 4.09. The predicted molar refractivity (Wildman–Crippen MR) is 81.0 cm³/mol. The zero-order valence-corrected chi connectivity index (χ0v) is 12.4. The Morgan fingerprint density at radius 2 is 1.74 bits per heavy atom. The smallest absolute Gasteiger partial charge is 0.133 e. The van der Waals surface area contributed by atoms with Crippen LogP contribution in [0.15, 0.2) is 24.5 Å². The lowest BCUT2D eigenvalue weighted by molar-refractivity contribution is 1.03. The molecule has 0 aliphatic carbocycles. The minimum absolute atomic E-state index is 0.605. The van der Waals surface area contributed by atoms with E-state index in [1.807, 2.05) is 19.1 Å². The highest BCUT2D eigenvalue weighted by Gasteiger charge is 2.12. The number of anilines is 1. The highest BCUT2D eigenvalue weighted by Crippen LogP contribution is 2.30. The van der Waals surface area contributed by atoms with E-state index in [1.54, 1.807) is 12.4 Å². The summed E-state index contributed by atoms with van der Waals surface area (Å²) in [6.07, 6.45) is 2.39. The molecule has 0 aliphatic rings. The van der Waals surface area contributed by atoms with Crippen LogP contribution >= 0.6 is 23.2 Å². The molecule has 2 rings (SSSR count). The van der Waals surface area contributed by atoms with Crippen LogP contribution in [-0.2, 0) is 6.42 Å². The average Bonchev–Trinajstić information content (AvgIpc) is 2.37. The van der Waals surface area contributed by atoms with Crippen molar-refractivity contribution in [1.82, 2.24) is 9.97 Å². The van der Waals surface area contributed by atoms with Gasteiger partial charge in [0.25, 0.3) is 0 Å². The molecule has 1 N–H and O–H groups in total. The van der Waals surface area contributed by atoms with E-state index in [-0.39, 0.29) is 0 Å². The van der Waals surface area contributed by atoms with Gasteiger partial charge in [0.15, 0.2) is 0 Å². The van der Waals surface area contributed by atoms with E-state index in [0.717, 1.165) is 35.6 Å². The SMILES string of the molecule is CCNc1ncnc(-c2cc(Cl)cc(Cl)c2)c1CC. The van der Waals surface area contributed by atoms with Gasteiger partial charge in [-0.15, -0.1) is 0 Å². The minimum Gasteiger partial charge on any atom is -0.370 e. The Morgan fingerprint density at radius 1 is 1.05 bits per heavy atom. The Balaban J connectivity index is 2.57. The van der Waals surface area contributed by atoms with Crippen molar-refractivity contribution in [2.45, 2.75) is 20.3 Å². The fraction of sp³-hybridized carbons (Fsp3) is 0.286. The molecule has 1 aromatic heterocycles. The third kappa shape index (κ3) is 3.17. The lowest BCUT2D eigenvalue weighted by Gasteiger charge is -2.12. The number of benzene rings is 1. The first-order valence-electron chi connectivity index (χ1n) is 6.19. The van der Waals surface area contributed by atoms with Crippen molar-refractivity contribution in [3.05, 3.63) is 40.1 Å². The van der Waals surface area contributed by atoms with Crippen LogP contribution in [0.25, 0.3) is 11.3 Å². The fourth-order valence-electron chi connectivity index (χ4n) is 2.01. The van der Waals surface area contributed by atoms with Gasteiger partial charge in [0.2, 0.25) is 0 Å². The summed E-state index contributed by atoms with van der Waals surface area (Å²) in [5, 5.41) is 4.46. The summed E-state index contributed by atoms with van der Waals surface area (Å²) in [5.74, 6) is 0.867. The van der Waals surface area contributed by atoms with Crippen LogP contribution < -0.4 is 5.32 Å². The Bertz CT molecular complexity index is 565. The summed E-state index contributed by atoms with van der Waals surface area (Å²) in [6.45, 7) is 4.94. The highest BCUT2D eigenvalue weighted by atomic mass is 35.5. The molecule has 0 saturated carbocycles. The molecule has 0 amide bonds. The molecule has 1 aromatic carbocycles. The summed E-state index contributed by atoms with van der Waals surface area (Å²) in [4.78, 5) is 8.66. The minimum atomic E-state index is 0.605. The standard InChI is InChI=1S/C14H15Cl2N3/c1-3-12-13(18-8-19-14(12)17-4-2)9-5-10(15)7-11(16)6-9/h5-8H,3-4H2,1-2H3,(H,17,18,19). The molecule has 0 spiro atoms. The van der Waals surface area contributed by atoms with Gasteiger partial charge in [0.05, 0.1) is 5.69 Å². The maximum absolute atomic E-state index is 6.05. The monoisotopic (exact) mass is 295 g/mol. The van der Waals surface area contributed by atoms with Crippen molar-refractivity contribution in [2.75, 3.05) is 11.9 Å². The van der Waals surface area contributed by atoms with Crippen molar-refractivity contribution < 1.29 is 0 Å². The van der Waals surface area contributed by atoms with Gasteiger partial charge in [-0.25, -0.2) is 9.97 Å². The zero-order chi connectivity index (χ0) is 13.8. The van der Waals surface area contributed by atoms with E-state index >= 15 is 0 Å².